The van der Waals surface area contributed by atoms with Crippen LogP contribution in [0.3, 0.4) is 0 Å². The van der Waals surface area contributed by atoms with Crippen LogP contribution in [0.15, 0.2) is 5.51 Å². The van der Waals surface area contributed by atoms with Crippen LogP contribution >= 0.6 is 11.3 Å². The minimum Gasteiger partial charge on any atom is -0.351 e. The Bertz CT molecular complexity index is 457. The van der Waals surface area contributed by atoms with Crippen LogP contribution in [0.5, 0.6) is 0 Å². The molecule has 4 nitrogen and oxygen atoms in total. The molecule has 0 aromatic carbocycles. The highest BCUT2D eigenvalue weighted by molar-refractivity contribution is 7.09. The Kier molecular flexibility index (Phi) is 3.11. The average Bonchev–Trinajstić information content (AvgIpc) is 3.02. The first-order chi connectivity index (χ1) is 8.66. The third-order valence-corrected chi connectivity index (χ3v) is 5.49. The highest BCUT2D eigenvalue weighted by atomic mass is 32.1. The molecule has 3 N–H and O–H groups in total. The zero-order chi connectivity index (χ0) is 12.7. The maximum atomic E-state index is 12.2. The number of thiazole rings is 1. The molecule has 4 unspecified atom stereocenters. The van der Waals surface area contributed by atoms with E-state index in [4.69, 9.17) is 5.73 Å². The summed E-state index contributed by atoms with van der Waals surface area (Å²) >= 11 is 1.59. The molecule has 2 bridgehead atoms. The van der Waals surface area contributed by atoms with Gasteiger partial charge >= 0.3 is 0 Å². The van der Waals surface area contributed by atoms with Gasteiger partial charge in [0.2, 0.25) is 5.91 Å². The first kappa shape index (κ1) is 12.1. The van der Waals surface area contributed by atoms with E-state index in [1.165, 1.54) is 12.8 Å². The number of aryl methyl sites for hydroxylation is 1. The zero-order valence-electron chi connectivity index (χ0n) is 10.6. The highest BCUT2D eigenvalue weighted by Gasteiger charge is 2.48. The van der Waals surface area contributed by atoms with Gasteiger partial charge in [-0.05, 0) is 38.0 Å². The Labute approximate surface area is 111 Å². The molecule has 0 radical (unpaired) electrons. The lowest BCUT2D eigenvalue weighted by Gasteiger charge is -2.26. The van der Waals surface area contributed by atoms with Gasteiger partial charge in [-0.2, -0.15) is 0 Å². The van der Waals surface area contributed by atoms with Gasteiger partial charge in [-0.1, -0.05) is 0 Å². The van der Waals surface area contributed by atoms with Crippen molar-refractivity contribution in [1.82, 2.24) is 10.3 Å². The SMILES string of the molecule is Cc1ncsc1CNC(=O)C1C2CCC(C2)C1N. The van der Waals surface area contributed by atoms with E-state index in [0.717, 1.165) is 17.0 Å². The van der Waals surface area contributed by atoms with Crippen molar-refractivity contribution in [3.05, 3.63) is 16.1 Å². The normalized spacial score (nSPS) is 33.9. The highest BCUT2D eigenvalue weighted by Crippen LogP contribution is 2.47. The van der Waals surface area contributed by atoms with E-state index in [1.54, 1.807) is 11.3 Å². The number of nitrogens with two attached hydrogens (primary N) is 1. The van der Waals surface area contributed by atoms with Gasteiger partial charge in [0.05, 0.1) is 23.7 Å². The fourth-order valence-electron chi connectivity index (χ4n) is 3.51. The van der Waals surface area contributed by atoms with Crippen LogP contribution < -0.4 is 11.1 Å². The topological polar surface area (TPSA) is 68.0 Å². The summed E-state index contributed by atoms with van der Waals surface area (Å²) in [6.45, 7) is 2.57. The average molecular weight is 265 g/mol. The second-order valence-corrected chi connectivity index (χ2v) is 6.45. The third-order valence-electron chi connectivity index (χ3n) is 4.55. The van der Waals surface area contributed by atoms with Gasteiger partial charge in [-0.25, -0.2) is 4.98 Å². The predicted octanol–water partition coefficient (Wildman–Crippen LogP) is 1.44. The number of carbonyl (C=O) groups excluding carboxylic acids is 1. The molecule has 18 heavy (non-hydrogen) atoms. The molecule has 2 aliphatic carbocycles. The van der Waals surface area contributed by atoms with Crippen LogP contribution in [0, 0.1) is 24.7 Å². The van der Waals surface area contributed by atoms with Gasteiger partial charge < -0.3 is 11.1 Å². The smallest absolute Gasteiger partial charge is 0.225 e. The standard InChI is InChI=1S/C13H19N3OS/c1-7-10(18-6-16-7)5-15-13(17)11-8-2-3-9(4-8)12(11)14/h6,8-9,11-12H,2-5,14H2,1H3,(H,15,17). The molecular formula is C13H19N3OS. The molecule has 1 aromatic rings. The lowest BCUT2D eigenvalue weighted by Crippen LogP contribution is -2.45. The Morgan fingerprint density at radius 2 is 2.33 bits per heavy atom. The van der Waals surface area contributed by atoms with E-state index in [1.807, 2.05) is 12.4 Å². The summed E-state index contributed by atoms with van der Waals surface area (Å²) < 4.78 is 0. The van der Waals surface area contributed by atoms with Crippen molar-refractivity contribution in [1.29, 1.82) is 0 Å². The van der Waals surface area contributed by atoms with Crippen molar-refractivity contribution < 1.29 is 4.79 Å². The molecule has 98 valence electrons. The minimum atomic E-state index is 0.0389. The zero-order valence-corrected chi connectivity index (χ0v) is 11.4. The third kappa shape index (κ3) is 1.95. The van der Waals surface area contributed by atoms with Crippen LogP contribution in [-0.2, 0) is 11.3 Å². The summed E-state index contributed by atoms with van der Waals surface area (Å²) in [7, 11) is 0. The van der Waals surface area contributed by atoms with Crippen molar-refractivity contribution in [2.75, 3.05) is 0 Å². The number of carbonyl (C=O) groups is 1. The number of amides is 1. The van der Waals surface area contributed by atoms with Crippen LogP contribution in [0.2, 0.25) is 0 Å². The summed E-state index contributed by atoms with van der Waals surface area (Å²) in [5, 5.41) is 3.03. The minimum absolute atomic E-state index is 0.0389. The monoisotopic (exact) mass is 265 g/mol. The fourth-order valence-corrected chi connectivity index (χ4v) is 4.22. The van der Waals surface area contributed by atoms with Crippen LogP contribution in [0.25, 0.3) is 0 Å². The van der Waals surface area contributed by atoms with E-state index in [0.29, 0.717) is 18.4 Å². The number of rotatable bonds is 3. The first-order valence-corrected chi connectivity index (χ1v) is 7.47. The van der Waals surface area contributed by atoms with E-state index >= 15 is 0 Å². The molecule has 2 saturated carbocycles. The van der Waals surface area contributed by atoms with E-state index in [2.05, 4.69) is 10.3 Å². The van der Waals surface area contributed by atoms with Crippen LogP contribution in [-0.4, -0.2) is 16.9 Å². The maximum absolute atomic E-state index is 12.2. The molecule has 0 aliphatic heterocycles. The van der Waals surface area contributed by atoms with E-state index in [9.17, 15) is 4.79 Å². The van der Waals surface area contributed by atoms with Crippen molar-refractivity contribution in [2.24, 2.45) is 23.5 Å². The molecule has 2 aliphatic rings. The van der Waals surface area contributed by atoms with Crippen molar-refractivity contribution in [3.63, 3.8) is 0 Å². The number of nitrogens with one attached hydrogen (secondary N) is 1. The number of nitrogens with zero attached hydrogens (tertiary/aromatic N) is 1. The number of hydrogen-bond acceptors (Lipinski definition) is 4. The Balaban J connectivity index is 1.61. The number of hydrogen-bond donors (Lipinski definition) is 2. The van der Waals surface area contributed by atoms with Crippen LogP contribution in [0.4, 0.5) is 0 Å². The second-order valence-electron chi connectivity index (χ2n) is 5.52. The predicted molar refractivity (Wildman–Crippen MR) is 71.0 cm³/mol. The van der Waals surface area contributed by atoms with Gasteiger partial charge in [-0.15, -0.1) is 11.3 Å². The molecule has 1 aromatic heterocycles. The van der Waals surface area contributed by atoms with Crippen molar-refractivity contribution in [2.45, 2.75) is 38.8 Å². The second kappa shape index (κ2) is 4.63. The van der Waals surface area contributed by atoms with Crippen LogP contribution in [0.1, 0.15) is 29.8 Å². The number of fused-ring (bicyclic) bond motifs is 2. The molecule has 0 spiro atoms. The van der Waals surface area contributed by atoms with E-state index < -0.39 is 0 Å². The Morgan fingerprint density at radius 1 is 1.56 bits per heavy atom. The Hall–Kier alpha value is -0.940. The molecule has 1 amide bonds. The summed E-state index contributed by atoms with van der Waals surface area (Å²) in [6.07, 6.45) is 3.54. The van der Waals surface area contributed by atoms with E-state index in [-0.39, 0.29) is 17.9 Å². The molecule has 0 saturated heterocycles. The largest absolute Gasteiger partial charge is 0.351 e. The molecular weight excluding hydrogens is 246 g/mol. The summed E-state index contributed by atoms with van der Waals surface area (Å²) in [6, 6.07) is 0.0753. The van der Waals surface area contributed by atoms with Crippen molar-refractivity contribution >= 4 is 17.2 Å². The van der Waals surface area contributed by atoms with Gasteiger partial charge in [0.25, 0.3) is 0 Å². The molecule has 3 rings (SSSR count). The lowest BCUT2D eigenvalue weighted by atomic mass is 9.84. The summed E-state index contributed by atoms with van der Waals surface area (Å²) in [5.41, 5.74) is 9.00. The molecule has 2 fully saturated rings. The fraction of sp³-hybridized carbons (Fsp3) is 0.692. The van der Waals surface area contributed by atoms with Gasteiger partial charge in [0, 0.05) is 10.9 Å². The summed E-state index contributed by atoms with van der Waals surface area (Å²) in [5.74, 6) is 1.28. The van der Waals surface area contributed by atoms with Gasteiger partial charge in [0.1, 0.15) is 0 Å². The summed E-state index contributed by atoms with van der Waals surface area (Å²) in [4.78, 5) is 17.6. The Morgan fingerprint density at radius 3 is 2.94 bits per heavy atom. The molecule has 4 atom stereocenters. The molecule has 1 heterocycles. The first-order valence-electron chi connectivity index (χ1n) is 6.59. The van der Waals surface area contributed by atoms with Gasteiger partial charge in [-0.3, -0.25) is 4.79 Å². The van der Waals surface area contributed by atoms with Crippen molar-refractivity contribution in [3.8, 4) is 0 Å². The lowest BCUT2D eigenvalue weighted by molar-refractivity contribution is -0.127. The van der Waals surface area contributed by atoms with Gasteiger partial charge in [0.15, 0.2) is 0 Å². The quantitative estimate of drug-likeness (QED) is 0.869. The molecule has 5 heteroatoms. The number of aromatic nitrogens is 1. The maximum Gasteiger partial charge on any atom is 0.225 e.